The van der Waals surface area contributed by atoms with Gasteiger partial charge in [0.15, 0.2) is 0 Å². The second-order valence-corrected chi connectivity index (χ2v) is 10.5. The number of likely N-dealkylation sites (tertiary alicyclic amines) is 2. The number of ketones is 1. The van der Waals surface area contributed by atoms with Gasteiger partial charge in [0.2, 0.25) is 0 Å². The fourth-order valence-corrected chi connectivity index (χ4v) is 6.60. The van der Waals surface area contributed by atoms with Crippen molar-refractivity contribution in [3.05, 3.63) is 70.8 Å². The van der Waals surface area contributed by atoms with Crippen molar-refractivity contribution in [1.29, 1.82) is 0 Å². The van der Waals surface area contributed by atoms with E-state index in [0.29, 0.717) is 5.78 Å². The number of hydrogen-bond acceptors (Lipinski definition) is 4. The lowest BCUT2D eigenvalue weighted by Crippen LogP contribution is -2.43. The van der Waals surface area contributed by atoms with Crippen LogP contribution in [-0.4, -0.2) is 54.9 Å². The average Bonchev–Trinajstić information content (AvgIpc) is 3.00. The van der Waals surface area contributed by atoms with Crippen LogP contribution in [0.15, 0.2) is 59.0 Å². The highest BCUT2D eigenvalue weighted by molar-refractivity contribution is 7.98. The first-order valence-corrected chi connectivity index (χ1v) is 13.2. The van der Waals surface area contributed by atoms with Gasteiger partial charge in [-0.05, 0) is 67.5 Å². The van der Waals surface area contributed by atoms with Gasteiger partial charge in [0.25, 0.3) is 0 Å². The van der Waals surface area contributed by atoms with E-state index in [-0.39, 0.29) is 5.92 Å². The minimum atomic E-state index is 0.259. The largest absolute Gasteiger partial charge is 0.301 e. The van der Waals surface area contributed by atoms with E-state index in [2.05, 4.69) is 58.3 Å². The molecule has 32 heavy (non-hydrogen) atoms. The first-order chi connectivity index (χ1) is 15.7. The predicted molar refractivity (Wildman–Crippen MR) is 134 cm³/mol. The van der Waals surface area contributed by atoms with Crippen LogP contribution in [0.5, 0.6) is 0 Å². The van der Waals surface area contributed by atoms with Gasteiger partial charge in [-0.1, -0.05) is 48.0 Å². The SMILES string of the molecule is CC(=O)C1CCCN(CCN2CCC(=C3c4ccccc4CSc4ccccc43)CC2)C1. The number of benzene rings is 2. The number of nitrogens with zero attached hydrogens (tertiary/aromatic N) is 2. The normalized spacial score (nSPS) is 22.2. The van der Waals surface area contributed by atoms with Crippen molar-refractivity contribution in [2.24, 2.45) is 5.92 Å². The lowest BCUT2D eigenvalue weighted by atomic mass is 9.86. The molecule has 0 N–H and O–H groups in total. The Bertz CT molecular complexity index is 954. The maximum absolute atomic E-state index is 11.8. The lowest BCUT2D eigenvalue weighted by molar-refractivity contribution is -0.122. The number of rotatable bonds is 4. The second-order valence-electron chi connectivity index (χ2n) is 9.51. The van der Waals surface area contributed by atoms with Crippen molar-refractivity contribution in [2.75, 3.05) is 39.3 Å². The fourth-order valence-electron chi connectivity index (χ4n) is 5.54. The van der Waals surface area contributed by atoms with Crippen molar-refractivity contribution in [3.63, 3.8) is 0 Å². The van der Waals surface area contributed by atoms with Crippen LogP contribution in [0, 0.1) is 5.92 Å². The summed E-state index contributed by atoms with van der Waals surface area (Å²) in [6.07, 6.45) is 4.54. The topological polar surface area (TPSA) is 23.6 Å². The quantitative estimate of drug-likeness (QED) is 0.619. The molecule has 2 aromatic carbocycles. The number of carbonyl (C=O) groups excluding carboxylic acids is 1. The first kappa shape index (κ1) is 21.9. The molecule has 0 amide bonds. The van der Waals surface area contributed by atoms with Crippen LogP contribution in [0.2, 0.25) is 0 Å². The van der Waals surface area contributed by atoms with Crippen LogP contribution in [0.3, 0.4) is 0 Å². The molecule has 2 aromatic rings. The van der Waals surface area contributed by atoms with Crippen LogP contribution in [0.1, 0.15) is 49.3 Å². The van der Waals surface area contributed by atoms with E-state index >= 15 is 0 Å². The van der Waals surface area contributed by atoms with Gasteiger partial charge in [0.1, 0.15) is 5.78 Å². The molecule has 3 aliphatic heterocycles. The van der Waals surface area contributed by atoms with E-state index in [9.17, 15) is 4.79 Å². The number of thioether (sulfide) groups is 1. The molecule has 2 fully saturated rings. The standard InChI is InChI=1S/C28H34N2OS/c1-21(31)23-8-6-14-30(19-23)18-17-29-15-12-22(13-16-29)28-25-9-3-2-7-24(25)20-32-27-11-5-4-10-26(27)28/h2-5,7,9-11,23H,6,8,12-20H2,1H3. The maximum atomic E-state index is 11.8. The monoisotopic (exact) mass is 446 g/mol. The molecule has 0 radical (unpaired) electrons. The Hall–Kier alpha value is -1.88. The minimum absolute atomic E-state index is 0.259. The van der Waals surface area contributed by atoms with E-state index in [1.165, 1.54) is 27.2 Å². The minimum Gasteiger partial charge on any atom is -0.301 e. The highest BCUT2D eigenvalue weighted by Gasteiger charge is 2.26. The van der Waals surface area contributed by atoms with Gasteiger partial charge in [0.05, 0.1) is 0 Å². The van der Waals surface area contributed by atoms with Crippen molar-refractivity contribution in [1.82, 2.24) is 9.80 Å². The van der Waals surface area contributed by atoms with Crippen LogP contribution in [0.25, 0.3) is 5.57 Å². The number of carbonyl (C=O) groups is 1. The van der Waals surface area contributed by atoms with E-state index in [4.69, 9.17) is 0 Å². The summed E-state index contributed by atoms with van der Waals surface area (Å²) in [6, 6.07) is 18.0. The van der Waals surface area contributed by atoms with E-state index in [0.717, 1.165) is 70.7 Å². The van der Waals surface area contributed by atoms with Gasteiger partial charge < -0.3 is 9.80 Å². The molecule has 1 unspecified atom stereocenters. The van der Waals surface area contributed by atoms with E-state index in [1.807, 2.05) is 11.8 Å². The second kappa shape index (κ2) is 9.94. The van der Waals surface area contributed by atoms with Crippen molar-refractivity contribution in [2.45, 2.75) is 43.3 Å². The van der Waals surface area contributed by atoms with Gasteiger partial charge in [-0.25, -0.2) is 0 Å². The van der Waals surface area contributed by atoms with Gasteiger partial charge in [-0.3, -0.25) is 4.79 Å². The van der Waals surface area contributed by atoms with Crippen molar-refractivity contribution >= 4 is 23.1 Å². The number of Topliss-reactive ketones (excluding diaryl/α,β-unsaturated/α-hetero) is 1. The van der Waals surface area contributed by atoms with Gasteiger partial charge in [0, 0.05) is 49.3 Å². The molecule has 0 bridgehead atoms. The first-order valence-electron chi connectivity index (χ1n) is 12.2. The zero-order valence-electron chi connectivity index (χ0n) is 19.2. The Balaban J connectivity index is 1.29. The van der Waals surface area contributed by atoms with Crippen LogP contribution in [0.4, 0.5) is 0 Å². The molecule has 0 saturated carbocycles. The maximum Gasteiger partial charge on any atom is 0.134 e. The number of hydrogen-bond donors (Lipinski definition) is 0. The highest BCUT2D eigenvalue weighted by atomic mass is 32.2. The molecule has 168 valence electrons. The summed E-state index contributed by atoms with van der Waals surface area (Å²) >= 11 is 1.97. The summed E-state index contributed by atoms with van der Waals surface area (Å²) in [5.41, 5.74) is 7.45. The van der Waals surface area contributed by atoms with E-state index in [1.54, 1.807) is 12.5 Å². The molecule has 5 rings (SSSR count). The Morgan fingerprint density at radius 1 is 0.938 bits per heavy atom. The summed E-state index contributed by atoms with van der Waals surface area (Å²) in [4.78, 5) is 18.4. The Kier molecular flexibility index (Phi) is 6.82. The Morgan fingerprint density at radius 2 is 1.66 bits per heavy atom. The summed E-state index contributed by atoms with van der Waals surface area (Å²) in [5.74, 6) is 1.67. The van der Waals surface area contributed by atoms with Crippen molar-refractivity contribution in [3.8, 4) is 0 Å². The van der Waals surface area contributed by atoms with Gasteiger partial charge in [-0.15, -0.1) is 11.8 Å². The highest BCUT2D eigenvalue weighted by Crippen LogP contribution is 2.43. The predicted octanol–water partition coefficient (Wildman–Crippen LogP) is 5.49. The average molecular weight is 447 g/mol. The smallest absolute Gasteiger partial charge is 0.134 e. The summed E-state index contributed by atoms with van der Waals surface area (Å²) in [6.45, 7) is 8.37. The van der Waals surface area contributed by atoms with Crippen LogP contribution >= 0.6 is 11.8 Å². The zero-order chi connectivity index (χ0) is 21.9. The molecule has 3 nitrogen and oxygen atoms in total. The summed E-state index contributed by atoms with van der Waals surface area (Å²) in [7, 11) is 0. The molecule has 0 spiro atoms. The van der Waals surface area contributed by atoms with E-state index < -0.39 is 0 Å². The summed E-state index contributed by atoms with van der Waals surface area (Å²) in [5, 5.41) is 0. The molecule has 1 atom stereocenters. The number of piperidine rings is 2. The van der Waals surface area contributed by atoms with Crippen molar-refractivity contribution < 1.29 is 4.79 Å². The lowest BCUT2D eigenvalue weighted by Gasteiger charge is -2.35. The molecule has 0 aliphatic carbocycles. The third-order valence-electron chi connectivity index (χ3n) is 7.45. The summed E-state index contributed by atoms with van der Waals surface area (Å²) < 4.78 is 0. The van der Waals surface area contributed by atoms with Gasteiger partial charge in [-0.2, -0.15) is 0 Å². The molecule has 2 saturated heterocycles. The number of fused-ring (bicyclic) bond motifs is 2. The molecule has 4 heteroatoms. The molecule has 3 heterocycles. The fraction of sp³-hybridized carbons (Fsp3) is 0.464. The molecular formula is C28H34N2OS. The zero-order valence-corrected chi connectivity index (χ0v) is 20.0. The van der Waals surface area contributed by atoms with Crippen LogP contribution < -0.4 is 0 Å². The molecule has 3 aliphatic rings. The Labute approximate surface area is 196 Å². The molecular weight excluding hydrogens is 412 g/mol. The Morgan fingerprint density at radius 3 is 2.47 bits per heavy atom. The molecule has 0 aromatic heterocycles. The van der Waals surface area contributed by atoms with Gasteiger partial charge >= 0.3 is 0 Å². The third kappa shape index (κ3) is 4.73. The van der Waals surface area contributed by atoms with Crippen LogP contribution in [-0.2, 0) is 10.5 Å². The third-order valence-corrected chi connectivity index (χ3v) is 8.57.